The van der Waals surface area contributed by atoms with Crippen LogP contribution in [0.2, 0.25) is 0 Å². The molecule has 0 aliphatic carbocycles. The van der Waals surface area contributed by atoms with Crippen LogP contribution in [0.15, 0.2) is 42.5 Å². The van der Waals surface area contributed by atoms with E-state index in [9.17, 15) is 14.4 Å². The number of amides is 2. The van der Waals surface area contributed by atoms with Gasteiger partial charge < -0.3 is 15.4 Å². The number of ether oxygens (including phenoxy) is 1. The number of rotatable bonds is 7. The highest BCUT2D eigenvalue weighted by Crippen LogP contribution is 2.23. The van der Waals surface area contributed by atoms with Gasteiger partial charge in [-0.25, -0.2) is 0 Å². The first kappa shape index (κ1) is 21.2. The highest BCUT2D eigenvalue weighted by Gasteiger charge is 2.13. The molecule has 2 aromatic carbocycles. The summed E-state index contributed by atoms with van der Waals surface area (Å²) in [5, 5.41) is 5.24. The number of carbonyl (C=O) groups excluding carboxylic acids is 3. The third-order valence-corrected chi connectivity index (χ3v) is 4.38. The Morgan fingerprint density at radius 1 is 1.00 bits per heavy atom. The van der Waals surface area contributed by atoms with E-state index in [4.69, 9.17) is 4.74 Å². The number of aryl methyl sites for hydroxylation is 2. The van der Waals surface area contributed by atoms with Gasteiger partial charge in [0.1, 0.15) is 6.54 Å². The van der Waals surface area contributed by atoms with Crippen LogP contribution in [-0.4, -0.2) is 30.9 Å². The summed E-state index contributed by atoms with van der Waals surface area (Å²) < 4.78 is 4.94. The minimum Gasteiger partial charge on any atom is -0.454 e. The maximum absolute atomic E-state index is 12.1. The lowest BCUT2D eigenvalue weighted by Gasteiger charge is -2.13. The van der Waals surface area contributed by atoms with Crippen molar-refractivity contribution in [3.63, 3.8) is 0 Å². The predicted octanol–water partition coefficient (Wildman–Crippen LogP) is 3.34. The van der Waals surface area contributed by atoms with E-state index in [0.29, 0.717) is 11.3 Å². The molecule has 0 bridgehead atoms. The van der Waals surface area contributed by atoms with Crippen LogP contribution in [0.4, 0.5) is 5.69 Å². The summed E-state index contributed by atoms with van der Waals surface area (Å²) in [6.45, 7) is 7.22. The number of esters is 1. The molecule has 0 radical (unpaired) electrons. The molecule has 6 heteroatoms. The number of carbonyl (C=O) groups is 3. The highest BCUT2D eigenvalue weighted by atomic mass is 16.5. The van der Waals surface area contributed by atoms with Gasteiger partial charge in [0, 0.05) is 11.3 Å². The van der Waals surface area contributed by atoms with Crippen LogP contribution in [0.25, 0.3) is 0 Å². The summed E-state index contributed by atoms with van der Waals surface area (Å²) in [6.07, 6.45) is 0. The Labute approximate surface area is 165 Å². The summed E-state index contributed by atoms with van der Waals surface area (Å²) in [5.74, 6) is -1.22. The van der Waals surface area contributed by atoms with Crippen molar-refractivity contribution in [2.24, 2.45) is 0 Å². The fraction of sp³-hybridized carbons (Fsp3) is 0.318. The van der Waals surface area contributed by atoms with Gasteiger partial charge in [0.05, 0.1) is 0 Å². The fourth-order valence-electron chi connectivity index (χ4n) is 2.63. The van der Waals surface area contributed by atoms with Crippen LogP contribution in [-0.2, 0) is 14.3 Å². The fourth-order valence-corrected chi connectivity index (χ4v) is 2.63. The van der Waals surface area contributed by atoms with E-state index < -0.39 is 18.5 Å². The highest BCUT2D eigenvalue weighted by molar-refractivity contribution is 5.97. The van der Waals surface area contributed by atoms with Gasteiger partial charge in [0.2, 0.25) is 0 Å². The van der Waals surface area contributed by atoms with Gasteiger partial charge in [0.15, 0.2) is 6.61 Å². The van der Waals surface area contributed by atoms with Crippen LogP contribution in [0.3, 0.4) is 0 Å². The lowest BCUT2D eigenvalue weighted by atomic mass is 10.0. The second-order valence-corrected chi connectivity index (χ2v) is 6.93. The van der Waals surface area contributed by atoms with E-state index in [1.807, 2.05) is 52.0 Å². The minimum atomic E-state index is -0.676. The summed E-state index contributed by atoms with van der Waals surface area (Å²) in [4.78, 5) is 36.0. The Morgan fingerprint density at radius 3 is 2.39 bits per heavy atom. The van der Waals surface area contributed by atoms with Crippen LogP contribution in [0, 0.1) is 13.8 Å². The molecule has 0 unspecified atom stereocenters. The zero-order valence-corrected chi connectivity index (χ0v) is 16.7. The van der Waals surface area contributed by atoms with E-state index >= 15 is 0 Å². The Balaban J connectivity index is 1.80. The molecule has 2 N–H and O–H groups in total. The van der Waals surface area contributed by atoms with Crippen molar-refractivity contribution in [3.05, 3.63) is 64.7 Å². The molecule has 0 atom stereocenters. The third-order valence-electron chi connectivity index (χ3n) is 4.38. The van der Waals surface area contributed by atoms with Gasteiger partial charge in [0.25, 0.3) is 11.8 Å². The molecule has 148 valence electrons. The van der Waals surface area contributed by atoms with E-state index in [2.05, 4.69) is 10.6 Å². The maximum atomic E-state index is 12.1. The van der Waals surface area contributed by atoms with Crippen LogP contribution in [0.1, 0.15) is 46.8 Å². The first-order valence-electron chi connectivity index (χ1n) is 9.17. The van der Waals surface area contributed by atoms with E-state index in [1.54, 1.807) is 18.2 Å². The summed E-state index contributed by atoms with van der Waals surface area (Å²) in [7, 11) is 0. The smallest absolute Gasteiger partial charge is 0.325 e. The second-order valence-electron chi connectivity index (χ2n) is 6.93. The number of para-hydroxylation sites is 1. The monoisotopic (exact) mass is 382 g/mol. The minimum absolute atomic E-state index is 0.250. The van der Waals surface area contributed by atoms with E-state index in [1.165, 1.54) is 0 Å². The number of hydrogen-bond acceptors (Lipinski definition) is 4. The molecule has 2 rings (SSSR count). The third kappa shape index (κ3) is 5.94. The molecular weight excluding hydrogens is 356 g/mol. The van der Waals surface area contributed by atoms with Gasteiger partial charge in [-0.1, -0.05) is 38.1 Å². The van der Waals surface area contributed by atoms with Gasteiger partial charge >= 0.3 is 5.97 Å². The van der Waals surface area contributed by atoms with Crippen LogP contribution >= 0.6 is 0 Å². The molecule has 0 heterocycles. The largest absolute Gasteiger partial charge is 0.454 e. The molecule has 0 saturated carbocycles. The Hall–Kier alpha value is -3.15. The average molecular weight is 382 g/mol. The Kier molecular flexibility index (Phi) is 7.32. The van der Waals surface area contributed by atoms with Crippen molar-refractivity contribution in [1.82, 2.24) is 5.32 Å². The van der Waals surface area contributed by atoms with Crippen molar-refractivity contribution in [2.45, 2.75) is 33.6 Å². The average Bonchev–Trinajstić information content (AvgIpc) is 2.66. The van der Waals surface area contributed by atoms with Crippen molar-refractivity contribution < 1.29 is 19.1 Å². The molecular formula is C22H26N2O4. The van der Waals surface area contributed by atoms with Crippen molar-refractivity contribution in [1.29, 1.82) is 0 Å². The number of nitrogens with one attached hydrogen (secondary N) is 2. The van der Waals surface area contributed by atoms with E-state index in [0.717, 1.165) is 16.7 Å². The molecule has 28 heavy (non-hydrogen) atoms. The zero-order valence-electron chi connectivity index (χ0n) is 16.7. The van der Waals surface area contributed by atoms with Crippen LogP contribution in [0.5, 0.6) is 0 Å². The topological polar surface area (TPSA) is 84.5 Å². The Morgan fingerprint density at radius 2 is 1.71 bits per heavy atom. The summed E-state index contributed by atoms with van der Waals surface area (Å²) in [5.41, 5.74) is 4.25. The molecule has 0 aliphatic heterocycles. The van der Waals surface area contributed by atoms with Crippen molar-refractivity contribution in [2.75, 3.05) is 18.5 Å². The van der Waals surface area contributed by atoms with Crippen molar-refractivity contribution in [3.8, 4) is 0 Å². The first-order chi connectivity index (χ1) is 13.3. The Bertz CT molecular complexity index is 875. The van der Waals surface area contributed by atoms with Gasteiger partial charge in [-0.05, 0) is 54.7 Å². The molecule has 2 aromatic rings. The molecule has 6 nitrogen and oxygen atoms in total. The molecule has 0 aromatic heterocycles. The zero-order chi connectivity index (χ0) is 20.7. The second kappa shape index (κ2) is 9.69. The summed E-state index contributed by atoms with van der Waals surface area (Å²) >= 11 is 0. The lowest BCUT2D eigenvalue weighted by molar-refractivity contribution is -0.146. The number of anilines is 1. The van der Waals surface area contributed by atoms with Gasteiger partial charge in [-0.15, -0.1) is 0 Å². The van der Waals surface area contributed by atoms with Crippen molar-refractivity contribution >= 4 is 23.5 Å². The normalized spacial score (nSPS) is 10.5. The molecule has 0 spiro atoms. The lowest BCUT2D eigenvalue weighted by Crippen LogP contribution is -2.32. The quantitative estimate of drug-likeness (QED) is 0.720. The van der Waals surface area contributed by atoms with Gasteiger partial charge in [-0.2, -0.15) is 0 Å². The molecule has 0 saturated heterocycles. The van der Waals surface area contributed by atoms with Gasteiger partial charge in [-0.3, -0.25) is 14.4 Å². The van der Waals surface area contributed by atoms with Crippen LogP contribution < -0.4 is 10.6 Å². The SMILES string of the molecule is Cc1ccc(C(=O)NCC(=O)OCC(=O)Nc2ccccc2C(C)C)cc1C. The predicted molar refractivity (Wildman–Crippen MR) is 108 cm³/mol. The standard InChI is InChI=1S/C22H26N2O4/c1-14(2)18-7-5-6-8-19(18)24-20(25)13-28-21(26)12-23-22(27)17-10-9-15(3)16(4)11-17/h5-11,14H,12-13H2,1-4H3,(H,23,27)(H,24,25). The maximum Gasteiger partial charge on any atom is 0.325 e. The molecule has 0 aliphatic rings. The number of hydrogen-bond donors (Lipinski definition) is 2. The van der Waals surface area contributed by atoms with E-state index in [-0.39, 0.29) is 18.4 Å². The number of benzene rings is 2. The molecule has 0 fully saturated rings. The summed E-state index contributed by atoms with van der Waals surface area (Å²) in [6, 6.07) is 12.8. The first-order valence-corrected chi connectivity index (χ1v) is 9.17. The molecule has 2 amide bonds.